The molecule has 0 radical (unpaired) electrons. The van der Waals surface area contributed by atoms with E-state index in [-0.39, 0.29) is 12.0 Å². The first-order chi connectivity index (χ1) is 10.1. The van der Waals surface area contributed by atoms with E-state index >= 15 is 0 Å². The van der Waals surface area contributed by atoms with Gasteiger partial charge in [0.2, 0.25) is 5.88 Å². The van der Waals surface area contributed by atoms with Crippen LogP contribution in [0.25, 0.3) is 0 Å². The number of aromatic nitrogens is 2. The molecule has 1 aliphatic rings. The first-order valence-corrected chi connectivity index (χ1v) is 7.47. The normalized spacial score (nSPS) is 14.7. The summed E-state index contributed by atoms with van der Waals surface area (Å²) >= 11 is 9.28. The van der Waals surface area contributed by atoms with Crippen LogP contribution in [-0.4, -0.2) is 40.0 Å². The fourth-order valence-electron chi connectivity index (χ4n) is 2.01. The molecule has 0 aromatic carbocycles. The summed E-state index contributed by atoms with van der Waals surface area (Å²) in [6.07, 6.45) is 4.73. The minimum absolute atomic E-state index is 0.0595. The molecule has 1 aliphatic heterocycles. The molecule has 0 atom stereocenters. The van der Waals surface area contributed by atoms with E-state index in [1.54, 1.807) is 41.7 Å². The van der Waals surface area contributed by atoms with Gasteiger partial charge in [-0.25, -0.2) is 4.98 Å². The highest BCUT2D eigenvalue weighted by Gasteiger charge is 2.33. The van der Waals surface area contributed by atoms with Gasteiger partial charge in [-0.15, -0.1) is 0 Å². The highest BCUT2D eigenvalue weighted by atomic mass is 79.9. The van der Waals surface area contributed by atoms with Gasteiger partial charge < -0.3 is 9.64 Å². The summed E-state index contributed by atoms with van der Waals surface area (Å²) in [5.74, 6) is 0.344. The second kappa shape index (κ2) is 5.99. The molecule has 108 valence electrons. The topological polar surface area (TPSA) is 55.3 Å². The van der Waals surface area contributed by atoms with E-state index < -0.39 is 0 Å². The molecule has 0 aliphatic carbocycles. The molecule has 0 spiro atoms. The molecule has 0 bridgehead atoms. The number of hydrogen-bond donors (Lipinski definition) is 0. The number of carbonyl (C=O) groups excluding carboxylic acids is 1. The lowest BCUT2D eigenvalue weighted by atomic mass is 10.1. The molecule has 2 aromatic rings. The molecule has 0 unspecified atom stereocenters. The third-order valence-electron chi connectivity index (χ3n) is 3.09. The molecule has 7 heteroatoms. The second-order valence-electron chi connectivity index (χ2n) is 4.63. The Bertz CT molecular complexity index is 677. The van der Waals surface area contributed by atoms with Crippen LogP contribution in [0.1, 0.15) is 10.4 Å². The standard InChI is InChI=1S/C14H11BrClN3O2/c15-10-4-9(5-17-6-10)14(20)19-7-11(8-19)21-13-12(16)2-1-3-18-13/h1-6,11H,7-8H2. The summed E-state index contributed by atoms with van der Waals surface area (Å²) in [6, 6.07) is 5.21. The number of ether oxygens (including phenoxy) is 1. The van der Waals surface area contributed by atoms with E-state index in [0.717, 1.165) is 4.47 Å². The van der Waals surface area contributed by atoms with Crippen LogP contribution in [-0.2, 0) is 0 Å². The Morgan fingerprint density at radius 2 is 2.24 bits per heavy atom. The molecule has 21 heavy (non-hydrogen) atoms. The van der Waals surface area contributed by atoms with E-state index in [1.165, 1.54) is 0 Å². The largest absolute Gasteiger partial charge is 0.470 e. The zero-order valence-corrected chi connectivity index (χ0v) is 13.2. The quantitative estimate of drug-likeness (QED) is 0.836. The smallest absolute Gasteiger partial charge is 0.255 e. The van der Waals surface area contributed by atoms with E-state index in [9.17, 15) is 4.79 Å². The van der Waals surface area contributed by atoms with Crippen molar-refractivity contribution in [1.82, 2.24) is 14.9 Å². The van der Waals surface area contributed by atoms with Crippen molar-refractivity contribution in [2.45, 2.75) is 6.10 Å². The fraction of sp³-hybridized carbons (Fsp3) is 0.214. The van der Waals surface area contributed by atoms with Gasteiger partial charge >= 0.3 is 0 Å². The van der Waals surface area contributed by atoms with E-state index in [0.29, 0.717) is 29.6 Å². The van der Waals surface area contributed by atoms with E-state index in [4.69, 9.17) is 16.3 Å². The Morgan fingerprint density at radius 3 is 2.95 bits per heavy atom. The Kier molecular flexibility index (Phi) is 4.07. The maximum Gasteiger partial charge on any atom is 0.255 e. The van der Waals surface area contributed by atoms with Crippen LogP contribution in [0.5, 0.6) is 5.88 Å². The lowest BCUT2D eigenvalue weighted by molar-refractivity contribution is 0.0160. The van der Waals surface area contributed by atoms with Crippen molar-refractivity contribution in [3.8, 4) is 5.88 Å². The molecule has 1 saturated heterocycles. The predicted molar refractivity (Wildman–Crippen MR) is 81.5 cm³/mol. The van der Waals surface area contributed by atoms with Crippen LogP contribution in [0.3, 0.4) is 0 Å². The van der Waals surface area contributed by atoms with Gasteiger partial charge in [-0.2, -0.15) is 0 Å². The van der Waals surface area contributed by atoms with Crippen LogP contribution in [0.2, 0.25) is 5.02 Å². The van der Waals surface area contributed by atoms with Gasteiger partial charge in [0.15, 0.2) is 0 Å². The van der Waals surface area contributed by atoms with Crippen LogP contribution in [0.4, 0.5) is 0 Å². The fourth-order valence-corrected chi connectivity index (χ4v) is 2.54. The molecule has 0 saturated carbocycles. The maximum atomic E-state index is 12.2. The predicted octanol–water partition coefficient (Wildman–Crippen LogP) is 2.80. The average molecular weight is 369 g/mol. The molecule has 5 nitrogen and oxygen atoms in total. The Morgan fingerprint density at radius 1 is 1.43 bits per heavy atom. The molecule has 2 aromatic heterocycles. The highest BCUT2D eigenvalue weighted by molar-refractivity contribution is 9.10. The SMILES string of the molecule is O=C(c1cncc(Br)c1)N1CC(Oc2ncccc2Cl)C1. The second-order valence-corrected chi connectivity index (χ2v) is 5.96. The van der Waals surface area contributed by atoms with Crippen LogP contribution >= 0.6 is 27.5 Å². The number of nitrogens with zero attached hydrogens (tertiary/aromatic N) is 3. The molecule has 3 heterocycles. The van der Waals surface area contributed by atoms with Crippen molar-refractivity contribution < 1.29 is 9.53 Å². The lowest BCUT2D eigenvalue weighted by Crippen LogP contribution is -2.56. The zero-order valence-electron chi connectivity index (χ0n) is 10.9. The highest BCUT2D eigenvalue weighted by Crippen LogP contribution is 2.24. The van der Waals surface area contributed by atoms with E-state index in [1.807, 2.05) is 0 Å². The van der Waals surface area contributed by atoms with Gasteiger partial charge in [-0.05, 0) is 34.1 Å². The van der Waals surface area contributed by atoms with Crippen LogP contribution < -0.4 is 4.74 Å². The number of hydrogen-bond acceptors (Lipinski definition) is 4. The third-order valence-corrected chi connectivity index (χ3v) is 3.81. The molecule has 3 rings (SSSR count). The van der Waals surface area contributed by atoms with Crippen molar-refractivity contribution in [3.05, 3.63) is 51.8 Å². The van der Waals surface area contributed by atoms with Gasteiger partial charge in [0.05, 0.1) is 18.7 Å². The Hall–Kier alpha value is -1.66. The van der Waals surface area contributed by atoms with Crippen molar-refractivity contribution >= 4 is 33.4 Å². The Balaban J connectivity index is 1.58. The summed E-state index contributed by atoms with van der Waals surface area (Å²) in [5, 5.41) is 0.471. The average Bonchev–Trinajstić information content (AvgIpc) is 2.43. The monoisotopic (exact) mass is 367 g/mol. The number of pyridine rings is 2. The summed E-state index contributed by atoms with van der Waals surface area (Å²) in [5.41, 5.74) is 0.554. The number of rotatable bonds is 3. The minimum Gasteiger partial charge on any atom is -0.470 e. The van der Waals surface area contributed by atoms with Crippen molar-refractivity contribution in [2.75, 3.05) is 13.1 Å². The summed E-state index contributed by atoms with van der Waals surface area (Å²) < 4.78 is 6.44. The van der Waals surface area contributed by atoms with E-state index in [2.05, 4.69) is 25.9 Å². The van der Waals surface area contributed by atoms with Crippen molar-refractivity contribution in [1.29, 1.82) is 0 Å². The first-order valence-electron chi connectivity index (χ1n) is 6.30. The van der Waals surface area contributed by atoms with Crippen molar-refractivity contribution in [2.24, 2.45) is 0 Å². The Labute approximate surface area is 135 Å². The van der Waals surface area contributed by atoms with Crippen LogP contribution in [0.15, 0.2) is 41.3 Å². The minimum atomic E-state index is -0.0820. The molecule has 1 fully saturated rings. The lowest BCUT2D eigenvalue weighted by Gasteiger charge is -2.38. The number of carbonyl (C=O) groups is 1. The number of likely N-dealkylation sites (tertiary alicyclic amines) is 1. The molecule has 1 amide bonds. The third kappa shape index (κ3) is 3.16. The number of amides is 1. The van der Waals surface area contributed by atoms with Gasteiger partial charge in [-0.1, -0.05) is 11.6 Å². The van der Waals surface area contributed by atoms with Gasteiger partial charge in [0, 0.05) is 23.1 Å². The summed E-state index contributed by atoms with van der Waals surface area (Å²) in [6.45, 7) is 1.02. The van der Waals surface area contributed by atoms with Gasteiger partial charge in [-0.3, -0.25) is 9.78 Å². The van der Waals surface area contributed by atoms with Gasteiger partial charge in [0.25, 0.3) is 5.91 Å². The molecule has 0 N–H and O–H groups in total. The number of halogens is 2. The summed E-state index contributed by atoms with van der Waals surface area (Å²) in [7, 11) is 0. The first kappa shape index (κ1) is 14.3. The molecular formula is C14H11BrClN3O2. The maximum absolute atomic E-state index is 12.2. The zero-order chi connectivity index (χ0) is 14.8. The summed E-state index contributed by atoms with van der Waals surface area (Å²) in [4.78, 5) is 22.0. The molecular weight excluding hydrogens is 358 g/mol. The van der Waals surface area contributed by atoms with Crippen molar-refractivity contribution in [3.63, 3.8) is 0 Å². The van der Waals surface area contributed by atoms with Crippen LogP contribution in [0, 0.1) is 0 Å². The van der Waals surface area contributed by atoms with Gasteiger partial charge in [0.1, 0.15) is 11.1 Å².